The summed E-state index contributed by atoms with van der Waals surface area (Å²) in [7, 11) is 0. The van der Waals surface area contributed by atoms with E-state index in [1.165, 1.54) is 23.9 Å². The number of hydrogen-bond donors (Lipinski definition) is 2. The number of anilines is 2. The summed E-state index contributed by atoms with van der Waals surface area (Å²) in [6, 6.07) is 20.8. The standard InChI is InChI=1S/C27H23ClFN5OS/c1-16-5-3-4-6-22(16)31-25(35)23-17(2)30-26-32-27(36-15-18-7-11-20(28)12-8-18)33-34(26)24(23)19-9-13-21(29)14-10-19/h3-14,24H,15H2,1-2H3,(H,31,35)(H,30,32,33)/t24-/m1/s1. The van der Waals surface area contributed by atoms with Gasteiger partial charge in [0.25, 0.3) is 5.91 Å². The number of amides is 1. The normalized spacial score (nSPS) is 14.8. The van der Waals surface area contributed by atoms with Crippen molar-refractivity contribution in [3.63, 3.8) is 0 Å². The van der Waals surface area contributed by atoms with E-state index in [9.17, 15) is 9.18 Å². The highest BCUT2D eigenvalue weighted by Gasteiger charge is 2.34. The predicted octanol–water partition coefficient (Wildman–Crippen LogP) is 6.60. The Hall–Kier alpha value is -3.62. The monoisotopic (exact) mass is 519 g/mol. The smallest absolute Gasteiger partial charge is 0.255 e. The summed E-state index contributed by atoms with van der Waals surface area (Å²) in [6.45, 7) is 3.77. The molecule has 0 saturated heterocycles. The molecule has 0 aliphatic carbocycles. The average Bonchev–Trinajstić information content (AvgIpc) is 3.27. The SMILES string of the molecule is CC1=C(C(=O)Nc2ccccc2C)[C@@H](c2ccc(F)cc2)n2nc(SCc3ccc(Cl)cc3)nc2N1. The van der Waals surface area contributed by atoms with Crippen molar-refractivity contribution >= 4 is 40.9 Å². The maximum Gasteiger partial charge on any atom is 0.255 e. The van der Waals surface area contributed by atoms with Gasteiger partial charge in [-0.3, -0.25) is 4.79 Å². The maximum absolute atomic E-state index is 13.8. The highest BCUT2D eigenvalue weighted by molar-refractivity contribution is 7.98. The summed E-state index contributed by atoms with van der Waals surface area (Å²) < 4.78 is 15.4. The summed E-state index contributed by atoms with van der Waals surface area (Å²) in [5.74, 6) is 0.569. The van der Waals surface area contributed by atoms with Crippen LogP contribution in [0.1, 0.15) is 29.7 Å². The van der Waals surface area contributed by atoms with Crippen LogP contribution < -0.4 is 10.6 Å². The molecule has 1 aromatic heterocycles. The zero-order chi connectivity index (χ0) is 25.2. The predicted molar refractivity (Wildman–Crippen MR) is 142 cm³/mol. The number of thioether (sulfide) groups is 1. The molecule has 6 nitrogen and oxygen atoms in total. The van der Waals surface area contributed by atoms with Crippen LogP contribution >= 0.6 is 23.4 Å². The molecule has 1 aliphatic heterocycles. The Morgan fingerprint density at radius 3 is 2.53 bits per heavy atom. The lowest BCUT2D eigenvalue weighted by Gasteiger charge is -2.28. The molecule has 0 spiro atoms. The number of aryl methyl sites for hydroxylation is 1. The van der Waals surface area contributed by atoms with Gasteiger partial charge >= 0.3 is 0 Å². The first kappa shape index (κ1) is 24.1. The van der Waals surface area contributed by atoms with E-state index in [0.717, 1.165) is 22.4 Å². The molecule has 1 aliphatic rings. The number of carbonyl (C=O) groups excluding carboxylic acids is 1. The number of carbonyl (C=O) groups is 1. The molecule has 0 fully saturated rings. The van der Waals surface area contributed by atoms with Gasteiger partial charge < -0.3 is 10.6 Å². The highest BCUT2D eigenvalue weighted by Crippen LogP contribution is 2.37. The van der Waals surface area contributed by atoms with Crippen molar-refractivity contribution in [2.45, 2.75) is 30.8 Å². The van der Waals surface area contributed by atoms with E-state index < -0.39 is 6.04 Å². The number of rotatable bonds is 6. The third-order valence-corrected chi connectivity index (χ3v) is 7.10. The molecule has 36 heavy (non-hydrogen) atoms. The largest absolute Gasteiger partial charge is 0.328 e. The van der Waals surface area contributed by atoms with Crippen LogP contribution in [0.25, 0.3) is 0 Å². The first-order chi connectivity index (χ1) is 17.4. The van der Waals surface area contributed by atoms with Crippen LogP contribution in [0.5, 0.6) is 0 Å². The summed E-state index contributed by atoms with van der Waals surface area (Å²) in [5, 5.41) is 12.2. The van der Waals surface area contributed by atoms with Crippen molar-refractivity contribution in [2.24, 2.45) is 0 Å². The number of halogens is 2. The van der Waals surface area contributed by atoms with E-state index in [1.54, 1.807) is 16.8 Å². The van der Waals surface area contributed by atoms with Crippen LogP contribution in [0.3, 0.4) is 0 Å². The van der Waals surface area contributed by atoms with E-state index in [2.05, 4.69) is 15.6 Å². The van der Waals surface area contributed by atoms with Crippen LogP contribution in [-0.4, -0.2) is 20.7 Å². The molecule has 3 aromatic carbocycles. The Labute approximate surface area is 217 Å². The van der Waals surface area contributed by atoms with Crippen LogP contribution in [-0.2, 0) is 10.5 Å². The second-order valence-corrected chi connectivity index (χ2v) is 9.84. The first-order valence-corrected chi connectivity index (χ1v) is 12.7. The van der Waals surface area contributed by atoms with Crippen molar-refractivity contribution in [3.05, 3.63) is 112 Å². The second kappa shape index (κ2) is 10.2. The van der Waals surface area contributed by atoms with Crippen LogP contribution in [0, 0.1) is 12.7 Å². The van der Waals surface area contributed by atoms with E-state index in [-0.39, 0.29) is 11.7 Å². The van der Waals surface area contributed by atoms with Crippen LogP contribution in [0.15, 0.2) is 89.2 Å². The van der Waals surface area contributed by atoms with Crippen LogP contribution in [0.2, 0.25) is 5.02 Å². The molecule has 0 bridgehead atoms. The number of hydrogen-bond acceptors (Lipinski definition) is 5. The van der Waals surface area contributed by atoms with Crippen molar-refractivity contribution in [1.82, 2.24) is 14.8 Å². The molecule has 0 radical (unpaired) electrons. The molecule has 1 amide bonds. The molecule has 9 heteroatoms. The molecule has 0 unspecified atom stereocenters. The third kappa shape index (κ3) is 5.01. The summed E-state index contributed by atoms with van der Waals surface area (Å²) in [4.78, 5) is 18.2. The number of nitrogens with zero attached hydrogens (tertiary/aromatic N) is 3. The molecular weight excluding hydrogens is 497 g/mol. The van der Waals surface area contributed by atoms with Gasteiger partial charge in [0.15, 0.2) is 0 Å². The Balaban J connectivity index is 1.48. The third-order valence-electron chi connectivity index (χ3n) is 5.94. The van der Waals surface area contributed by atoms with Gasteiger partial charge in [-0.05, 0) is 60.9 Å². The summed E-state index contributed by atoms with van der Waals surface area (Å²) >= 11 is 7.47. The Morgan fingerprint density at radius 2 is 1.81 bits per heavy atom. The number of aromatic nitrogens is 3. The number of nitrogens with one attached hydrogen (secondary N) is 2. The Kier molecular flexibility index (Phi) is 6.80. The Morgan fingerprint density at radius 1 is 1.08 bits per heavy atom. The minimum atomic E-state index is -0.580. The van der Waals surface area contributed by atoms with Gasteiger partial charge in [-0.1, -0.05) is 65.8 Å². The van der Waals surface area contributed by atoms with Gasteiger partial charge in [0.1, 0.15) is 11.9 Å². The average molecular weight is 520 g/mol. The number of benzene rings is 3. The van der Waals surface area contributed by atoms with Crippen LogP contribution in [0.4, 0.5) is 16.0 Å². The highest BCUT2D eigenvalue weighted by atomic mass is 35.5. The number of fused-ring (bicyclic) bond motifs is 1. The second-order valence-electron chi connectivity index (χ2n) is 8.46. The van der Waals surface area contributed by atoms with Crippen molar-refractivity contribution in [2.75, 3.05) is 10.6 Å². The fourth-order valence-electron chi connectivity index (χ4n) is 4.07. The lowest BCUT2D eigenvalue weighted by molar-refractivity contribution is -0.113. The molecule has 2 N–H and O–H groups in total. The molecule has 1 atom stereocenters. The van der Waals surface area contributed by atoms with Gasteiger partial charge in [-0.15, -0.1) is 5.10 Å². The van der Waals surface area contributed by atoms with E-state index in [0.29, 0.717) is 33.2 Å². The number of para-hydroxylation sites is 1. The van der Waals surface area contributed by atoms with E-state index in [1.807, 2.05) is 62.4 Å². The fourth-order valence-corrected chi connectivity index (χ4v) is 4.98. The first-order valence-electron chi connectivity index (χ1n) is 11.3. The molecular formula is C27H23ClFN5OS. The molecule has 2 heterocycles. The Bertz CT molecular complexity index is 1450. The molecule has 5 rings (SSSR count). The summed E-state index contributed by atoms with van der Waals surface area (Å²) in [5.41, 5.74) is 4.64. The summed E-state index contributed by atoms with van der Waals surface area (Å²) in [6.07, 6.45) is 0. The van der Waals surface area contributed by atoms with E-state index in [4.69, 9.17) is 16.7 Å². The van der Waals surface area contributed by atoms with Gasteiger partial charge in [0.2, 0.25) is 11.1 Å². The minimum absolute atomic E-state index is 0.264. The van der Waals surface area contributed by atoms with Gasteiger partial charge in [0.05, 0.1) is 5.57 Å². The molecule has 182 valence electrons. The molecule has 0 saturated carbocycles. The van der Waals surface area contributed by atoms with Crippen molar-refractivity contribution in [3.8, 4) is 0 Å². The topological polar surface area (TPSA) is 71.8 Å². The van der Waals surface area contributed by atoms with Gasteiger partial charge in [-0.25, -0.2) is 9.07 Å². The zero-order valence-electron chi connectivity index (χ0n) is 19.6. The van der Waals surface area contributed by atoms with Gasteiger partial charge in [0, 0.05) is 22.2 Å². The lowest BCUT2D eigenvalue weighted by Crippen LogP contribution is -2.31. The minimum Gasteiger partial charge on any atom is -0.328 e. The molecule has 4 aromatic rings. The zero-order valence-corrected chi connectivity index (χ0v) is 21.2. The number of allylic oxidation sites excluding steroid dienone is 1. The quantitative estimate of drug-likeness (QED) is 0.281. The van der Waals surface area contributed by atoms with Gasteiger partial charge in [-0.2, -0.15) is 4.98 Å². The van der Waals surface area contributed by atoms with Crippen molar-refractivity contribution in [1.29, 1.82) is 0 Å². The van der Waals surface area contributed by atoms with E-state index >= 15 is 0 Å². The maximum atomic E-state index is 13.8. The fraction of sp³-hybridized carbons (Fsp3) is 0.148. The van der Waals surface area contributed by atoms with Crippen molar-refractivity contribution < 1.29 is 9.18 Å². The lowest BCUT2D eigenvalue weighted by atomic mass is 9.95.